The van der Waals surface area contributed by atoms with Gasteiger partial charge in [0.2, 0.25) is 0 Å². The fourth-order valence-electron chi connectivity index (χ4n) is 2.89. The van der Waals surface area contributed by atoms with Gasteiger partial charge >= 0.3 is 0 Å². The summed E-state index contributed by atoms with van der Waals surface area (Å²) in [6.45, 7) is 4.00. The van der Waals surface area contributed by atoms with Crippen LogP contribution in [0.15, 0.2) is 18.2 Å². The number of benzene rings is 1. The summed E-state index contributed by atoms with van der Waals surface area (Å²) in [6, 6.07) is 6.49. The van der Waals surface area contributed by atoms with Crippen molar-refractivity contribution in [3.05, 3.63) is 40.7 Å². The van der Waals surface area contributed by atoms with Crippen LogP contribution >= 0.6 is 0 Å². The molecule has 0 bridgehead atoms. The van der Waals surface area contributed by atoms with E-state index >= 15 is 0 Å². The average Bonchev–Trinajstić information content (AvgIpc) is 2.52. The molecule has 1 heterocycles. The number of rotatable bonds is 3. The maximum atomic E-state index is 6.00. The number of hydrogen-bond acceptors (Lipinski definition) is 4. The average molecular weight is 282 g/mol. The van der Waals surface area contributed by atoms with E-state index in [-0.39, 0.29) is 0 Å². The van der Waals surface area contributed by atoms with Gasteiger partial charge in [0.25, 0.3) is 0 Å². The van der Waals surface area contributed by atoms with Crippen molar-refractivity contribution in [3.8, 4) is 0 Å². The molecular formula is C17H22N4. The number of nitrogen functional groups attached to an aromatic ring is 1. The van der Waals surface area contributed by atoms with Gasteiger partial charge in [-0.15, -0.1) is 0 Å². The maximum absolute atomic E-state index is 6.00. The highest BCUT2D eigenvalue weighted by Crippen LogP contribution is 2.31. The second-order valence-corrected chi connectivity index (χ2v) is 5.63. The molecular weight excluding hydrogens is 260 g/mol. The van der Waals surface area contributed by atoms with Crippen molar-refractivity contribution in [2.24, 2.45) is 0 Å². The molecule has 4 nitrogen and oxygen atoms in total. The number of nitrogens with one attached hydrogen (secondary N) is 1. The maximum Gasteiger partial charge on any atom is 0.139 e. The lowest BCUT2D eigenvalue weighted by Gasteiger charge is -2.20. The summed E-state index contributed by atoms with van der Waals surface area (Å²) >= 11 is 0. The lowest BCUT2D eigenvalue weighted by atomic mass is 9.90. The second kappa shape index (κ2) is 5.72. The summed E-state index contributed by atoms with van der Waals surface area (Å²) in [5.41, 5.74) is 11.0. The molecule has 0 radical (unpaired) electrons. The van der Waals surface area contributed by atoms with Crippen LogP contribution in [0.1, 0.15) is 42.3 Å². The van der Waals surface area contributed by atoms with Gasteiger partial charge in [-0.25, -0.2) is 9.97 Å². The standard InChI is InChI=1S/C17H22N4/c1-3-15-20-16(18)11(2)17(21-15)19-14-10-6-8-12-7-4-5-9-13(12)14/h6,8,10H,3-5,7,9H2,1-2H3,(H3,18,19,20,21). The molecule has 3 N–H and O–H groups in total. The Bertz CT molecular complexity index is 664. The third-order valence-electron chi connectivity index (χ3n) is 4.20. The molecule has 0 saturated heterocycles. The molecule has 0 aliphatic heterocycles. The predicted octanol–water partition coefficient (Wildman–Crippen LogP) is 3.55. The monoisotopic (exact) mass is 282 g/mol. The highest BCUT2D eigenvalue weighted by atomic mass is 15.1. The van der Waals surface area contributed by atoms with E-state index in [4.69, 9.17) is 5.73 Å². The van der Waals surface area contributed by atoms with Gasteiger partial charge in [-0.05, 0) is 49.8 Å². The van der Waals surface area contributed by atoms with Gasteiger partial charge in [0, 0.05) is 17.7 Å². The summed E-state index contributed by atoms with van der Waals surface area (Å²) in [5, 5.41) is 3.48. The van der Waals surface area contributed by atoms with Gasteiger partial charge in [-0.2, -0.15) is 0 Å². The highest BCUT2D eigenvalue weighted by molar-refractivity contribution is 5.67. The van der Waals surface area contributed by atoms with Gasteiger partial charge in [-0.3, -0.25) is 0 Å². The zero-order chi connectivity index (χ0) is 14.8. The molecule has 0 unspecified atom stereocenters. The normalized spacial score (nSPS) is 13.8. The van der Waals surface area contributed by atoms with Crippen molar-refractivity contribution in [2.75, 3.05) is 11.1 Å². The third kappa shape index (κ3) is 2.71. The van der Waals surface area contributed by atoms with Gasteiger partial charge in [-0.1, -0.05) is 19.1 Å². The summed E-state index contributed by atoms with van der Waals surface area (Å²) in [6.07, 6.45) is 5.65. The largest absolute Gasteiger partial charge is 0.383 e. The van der Waals surface area contributed by atoms with E-state index in [1.807, 2.05) is 13.8 Å². The van der Waals surface area contributed by atoms with Crippen LogP contribution in [0.5, 0.6) is 0 Å². The van der Waals surface area contributed by atoms with Crippen molar-refractivity contribution in [1.29, 1.82) is 0 Å². The summed E-state index contributed by atoms with van der Waals surface area (Å²) in [5.74, 6) is 2.18. The summed E-state index contributed by atoms with van der Waals surface area (Å²) in [4.78, 5) is 8.90. The number of aryl methyl sites for hydroxylation is 2. The SMILES string of the molecule is CCc1nc(N)c(C)c(Nc2cccc3c2CCCC3)n1. The van der Waals surface area contributed by atoms with Crippen LogP contribution in [0.4, 0.5) is 17.3 Å². The summed E-state index contributed by atoms with van der Waals surface area (Å²) < 4.78 is 0. The first-order valence-electron chi connectivity index (χ1n) is 7.69. The van der Waals surface area contributed by atoms with Gasteiger partial charge in [0.05, 0.1) is 0 Å². The zero-order valence-corrected chi connectivity index (χ0v) is 12.7. The molecule has 1 aliphatic rings. The van der Waals surface area contributed by atoms with E-state index in [1.165, 1.54) is 30.4 Å². The van der Waals surface area contributed by atoms with Crippen LogP contribution in [-0.2, 0) is 19.3 Å². The Morgan fingerprint density at radius 1 is 1.19 bits per heavy atom. The predicted molar refractivity (Wildman–Crippen MR) is 86.9 cm³/mol. The van der Waals surface area contributed by atoms with Crippen molar-refractivity contribution in [2.45, 2.75) is 46.0 Å². The lowest BCUT2D eigenvalue weighted by Crippen LogP contribution is -2.10. The van der Waals surface area contributed by atoms with Crippen LogP contribution in [0.25, 0.3) is 0 Å². The number of aromatic nitrogens is 2. The Balaban J connectivity index is 1.99. The van der Waals surface area contributed by atoms with Crippen LogP contribution in [0.2, 0.25) is 0 Å². The van der Waals surface area contributed by atoms with E-state index in [9.17, 15) is 0 Å². The van der Waals surface area contributed by atoms with Crippen molar-refractivity contribution < 1.29 is 0 Å². The number of nitrogens with two attached hydrogens (primary N) is 1. The Hall–Kier alpha value is -2.10. The Labute approximate surface area is 125 Å². The molecule has 4 heteroatoms. The number of hydrogen-bond donors (Lipinski definition) is 2. The van der Waals surface area contributed by atoms with Crippen LogP contribution in [-0.4, -0.2) is 9.97 Å². The summed E-state index contributed by atoms with van der Waals surface area (Å²) in [7, 11) is 0. The molecule has 3 rings (SSSR count). The van der Waals surface area contributed by atoms with E-state index in [1.54, 1.807) is 0 Å². The fourth-order valence-corrected chi connectivity index (χ4v) is 2.89. The lowest BCUT2D eigenvalue weighted by molar-refractivity contribution is 0.687. The second-order valence-electron chi connectivity index (χ2n) is 5.63. The van der Waals surface area contributed by atoms with Crippen molar-refractivity contribution in [1.82, 2.24) is 9.97 Å². The topological polar surface area (TPSA) is 63.8 Å². The highest BCUT2D eigenvalue weighted by Gasteiger charge is 2.15. The first kappa shape index (κ1) is 13.9. The van der Waals surface area contributed by atoms with Gasteiger partial charge in [0.1, 0.15) is 17.5 Å². The minimum atomic E-state index is 0.564. The Morgan fingerprint density at radius 3 is 2.81 bits per heavy atom. The number of fused-ring (bicyclic) bond motifs is 1. The van der Waals surface area contributed by atoms with E-state index in [0.717, 1.165) is 35.7 Å². The Kier molecular flexibility index (Phi) is 3.78. The molecule has 1 aliphatic carbocycles. The first-order chi connectivity index (χ1) is 10.2. The van der Waals surface area contributed by atoms with E-state index in [0.29, 0.717) is 5.82 Å². The molecule has 0 fully saturated rings. The molecule has 1 aromatic carbocycles. The quantitative estimate of drug-likeness (QED) is 0.903. The minimum Gasteiger partial charge on any atom is -0.383 e. The van der Waals surface area contributed by atoms with E-state index in [2.05, 4.69) is 33.5 Å². The number of anilines is 3. The van der Waals surface area contributed by atoms with E-state index < -0.39 is 0 Å². The van der Waals surface area contributed by atoms with Crippen molar-refractivity contribution in [3.63, 3.8) is 0 Å². The molecule has 21 heavy (non-hydrogen) atoms. The van der Waals surface area contributed by atoms with Gasteiger partial charge in [0.15, 0.2) is 0 Å². The van der Waals surface area contributed by atoms with Crippen molar-refractivity contribution >= 4 is 17.3 Å². The molecule has 0 spiro atoms. The number of nitrogens with zero attached hydrogens (tertiary/aromatic N) is 2. The minimum absolute atomic E-state index is 0.564. The molecule has 110 valence electrons. The van der Waals surface area contributed by atoms with Crippen LogP contribution in [0, 0.1) is 6.92 Å². The molecule has 0 amide bonds. The van der Waals surface area contributed by atoms with Crippen LogP contribution in [0.3, 0.4) is 0 Å². The van der Waals surface area contributed by atoms with Gasteiger partial charge < -0.3 is 11.1 Å². The third-order valence-corrected chi connectivity index (χ3v) is 4.20. The molecule has 0 atom stereocenters. The van der Waals surface area contributed by atoms with Crippen LogP contribution < -0.4 is 11.1 Å². The molecule has 1 aromatic heterocycles. The molecule has 2 aromatic rings. The fraction of sp³-hybridized carbons (Fsp3) is 0.412. The smallest absolute Gasteiger partial charge is 0.139 e. The Morgan fingerprint density at radius 2 is 2.00 bits per heavy atom. The zero-order valence-electron chi connectivity index (χ0n) is 12.7. The molecule has 0 saturated carbocycles. The first-order valence-corrected chi connectivity index (χ1v) is 7.69.